The predicted octanol–water partition coefficient (Wildman–Crippen LogP) is 0.284. The summed E-state index contributed by atoms with van der Waals surface area (Å²) in [5.41, 5.74) is 12.7. The van der Waals surface area contributed by atoms with E-state index in [-0.39, 0.29) is 23.2 Å². The Morgan fingerprint density at radius 1 is 0.974 bits per heavy atom. The monoisotopic (exact) mass is 520 g/mol. The van der Waals surface area contributed by atoms with Crippen LogP contribution in [-0.4, -0.2) is 88.5 Å². The van der Waals surface area contributed by atoms with Gasteiger partial charge in [-0.1, -0.05) is 12.1 Å². The van der Waals surface area contributed by atoms with Gasteiger partial charge in [-0.2, -0.15) is 4.98 Å². The SMILES string of the molecule is NC[C@@H]1[C@H]2CN(Cc3ccc(-n4ccc(NC(=O)N5CCN(C(=O)C6(CN)CC6)CC5)nc4=O)cc3)C[C@@H]12. The highest BCUT2D eigenvalue weighted by molar-refractivity contribution is 5.89. The molecule has 1 aromatic heterocycles. The van der Waals surface area contributed by atoms with Crippen LogP contribution < -0.4 is 22.5 Å². The van der Waals surface area contributed by atoms with E-state index in [4.69, 9.17) is 11.5 Å². The number of nitrogens with zero attached hydrogens (tertiary/aromatic N) is 5. The molecule has 2 aliphatic carbocycles. The lowest BCUT2D eigenvalue weighted by atomic mass is 10.1. The maximum Gasteiger partial charge on any atom is 0.354 e. The summed E-state index contributed by atoms with van der Waals surface area (Å²) in [6, 6.07) is 9.23. The van der Waals surface area contributed by atoms with Gasteiger partial charge in [-0.15, -0.1) is 0 Å². The molecule has 6 rings (SSSR count). The highest BCUT2D eigenvalue weighted by Crippen LogP contribution is 2.51. The zero-order valence-corrected chi connectivity index (χ0v) is 21.6. The van der Waals surface area contributed by atoms with Crippen molar-refractivity contribution in [1.82, 2.24) is 24.3 Å². The van der Waals surface area contributed by atoms with E-state index in [1.807, 2.05) is 24.3 Å². The number of carbonyl (C=O) groups is 2. The van der Waals surface area contributed by atoms with Gasteiger partial charge < -0.3 is 21.3 Å². The van der Waals surface area contributed by atoms with Crippen molar-refractivity contribution >= 4 is 17.8 Å². The largest absolute Gasteiger partial charge is 0.354 e. The highest BCUT2D eigenvalue weighted by atomic mass is 16.2. The van der Waals surface area contributed by atoms with E-state index in [9.17, 15) is 14.4 Å². The summed E-state index contributed by atoms with van der Waals surface area (Å²) in [6.45, 7) is 6.13. The number of nitrogens with two attached hydrogens (primary N) is 2. The Morgan fingerprint density at radius 2 is 1.63 bits per heavy atom. The summed E-state index contributed by atoms with van der Waals surface area (Å²) < 4.78 is 1.46. The number of fused-ring (bicyclic) bond motifs is 1. The highest BCUT2D eigenvalue weighted by Gasteiger charge is 2.54. The normalized spacial score (nSPS) is 25.7. The average Bonchev–Trinajstić information content (AvgIpc) is 3.83. The molecule has 202 valence electrons. The van der Waals surface area contributed by atoms with Crippen LogP contribution in [0.4, 0.5) is 10.6 Å². The number of likely N-dealkylation sites (tertiary alicyclic amines) is 1. The second-order valence-corrected chi connectivity index (χ2v) is 11.2. The fourth-order valence-electron chi connectivity index (χ4n) is 6.20. The Hall–Kier alpha value is -3.28. The molecule has 11 nitrogen and oxygen atoms in total. The van der Waals surface area contributed by atoms with Crippen LogP contribution in [0.15, 0.2) is 41.3 Å². The van der Waals surface area contributed by atoms with E-state index in [1.54, 1.807) is 22.1 Å². The lowest BCUT2D eigenvalue weighted by Gasteiger charge is -2.36. The van der Waals surface area contributed by atoms with Crippen molar-refractivity contribution in [2.24, 2.45) is 34.6 Å². The summed E-state index contributed by atoms with van der Waals surface area (Å²) in [5, 5.41) is 2.72. The van der Waals surface area contributed by atoms with E-state index < -0.39 is 5.69 Å². The number of amides is 3. The van der Waals surface area contributed by atoms with Crippen LogP contribution in [-0.2, 0) is 11.3 Å². The number of benzene rings is 1. The molecule has 5 N–H and O–H groups in total. The van der Waals surface area contributed by atoms with Gasteiger partial charge in [-0.05, 0) is 60.9 Å². The smallest absolute Gasteiger partial charge is 0.339 e. The molecule has 3 atom stereocenters. The number of piperazine rings is 1. The van der Waals surface area contributed by atoms with Crippen molar-refractivity contribution in [1.29, 1.82) is 0 Å². The van der Waals surface area contributed by atoms with Crippen LogP contribution in [0.5, 0.6) is 0 Å². The fourth-order valence-corrected chi connectivity index (χ4v) is 6.20. The van der Waals surface area contributed by atoms with Gasteiger partial charge in [-0.25, -0.2) is 9.59 Å². The number of piperidine rings is 1. The molecule has 4 fully saturated rings. The van der Waals surface area contributed by atoms with Gasteiger partial charge in [0.2, 0.25) is 5.91 Å². The number of rotatable bonds is 7. The van der Waals surface area contributed by atoms with Crippen molar-refractivity contribution in [2.45, 2.75) is 19.4 Å². The van der Waals surface area contributed by atoms with E-state index in [0.717, 1.165) is 62.5 Å². The third-order valence-electron chi connectivity index (χ3n) is 8.93. The lowest BCUT2D eigenvalue weighted by molar-refractivity contribution is -0.138. The van der Waals surface area contributed by atoms with Crippen molar-refractivity contribution in [3.8, 4) is 5.69 Å². The third kappa shape index (κ3) is 4.70. The van der Waals surface area contributed by atoms with Gasteiger partial charge >= 0.3 is 11.7 Å². The molecule has 0 radical (unpaired) electrons. The molecule has 1 aromatic carbocycles. The number of aromatic nitrogens is 2. The topological polar surface area (TPSA) is 143 Å². The molecule has 11 heteroatoms. The number of anilines is 1. The van der Waals surface area contributed by atoms with E-state index in [1.165, 1.54) is 10.1 Å². The molecule has 2 aliphatic heterocycles. The molecule has 3 heterocycles. The lowest BCUT2D eigenvalue weighted by Crippen LogP contribution is -2.54. The van der Waals surface area contributed by atoms with Crippen LogP contribution in [0.3, 0.4) is 0 Å². The average molecular weight is 521 g/mol. The number of urea groups is 1. The predicted molar refractivity (Wildman–Crippen MR) is 143 cm³/mol. The molecule has 2 saturated carbocycles. The molecule has 4 aliphatic rings. The third-order valence-corrected chi connectivity index (χ3v) is 8.93. The first-order chi connectivity index (χ1) is 18.4. The molecule has 0 bridgehead atoms. The number of nitrogens with one attached hydrogen (secondary N) is 1. The quantitative estimate of drug-likeness (QED) is 0.476. The van der Waals surface area contributed by atoms with Gasteiger partial charge in [-0.3, -0.25) is 19.6 Å². The minimum atomic E-state index is -0.463. The fraction of sp³-hybridized carbons (Fsp3) is 0.556. The number of hydrogen-bond acceptors (Lipinski definition) is 7. The first-order valence-corrected chi connectivity index (χ1v) is 13.6. The Kier molecular flexibility index (Phi) is 6.45. The maximum atomic E-state index is 12.7. The van der Waals surface area contributed by atoms with Crippen LogP contribution in [0.1, 0.15) is 18.4 Å². The molecule has 0 unspecified atom stereocenters. The molecule has 3 amide bonds. The van der Waals surface area contributed by atoms with Crippen molar-refractivity contribution in [2.75, 3.05) is 57.7 Å². The Balaban J connectivity index is 1.01. The summed E-state index contributed by atoms with van der Waals surface area (Å²) in [7, 11) is 0. The molecule has 38 heavy (non-hydrogen) atoms. The van der Waals surface area contributed by atoms with E-state index in [2.05, 4.69) is 15.2 Å². The van der Waals surface area contributed by atoms with Crippen molar-refractivity contribution < 1.29 is 9.59 Å². The first-order valence-electron chi connectivity index (χ1n) is 13.6. The van der Waals surface area contributed by atoms with Crippen molar-refractivity contribution in [3.05, 3.63) is 52.6 Å². The summed E-state index contributed by atoms with van der Waals surface area (Å²) in [6.07, 6.45) is 3.32. The van der Waals surface area contributed by atoms with Gasteiger partial charge in [0.05, 0.1) is 11.1 Å². The standard InChI is InChI=1S/C27H36N8O3/c28-13-20-21-15-32(16-22(20)21)14-18-1-3-19(4-2-18)35-8-5-23(31-26(35)38)30-25(37)34-11-9-33(10-12-34)24(36)27(17-29)6-7-27/h1-5,8,20-22H,6-7,9-17,28-29H2,(H,30,31,37,38)/t20-,21-,22+. The number of hydrogen-bond donors (Lipinski definition) is 3. The van der Waals surface area contributed by atoms with Crippen LogP contribution in [0, 0.1) is 23.2 Å². The second-order valence-electron chi connectivity index (χ2n) is 11.2. The number of carbonyl (C=O) groups excluding carboxylic acids is 2. The minimum Gasteiger partial charge on any atom is -0.339 e. The Bertz CT molecular complexity index is 1250. The van der Waals surface area contributed by atoms with Gasteiger partial charge in [0.1, 0.15) is 5.82 Å². The second kappa shape index (κ2) is 9.79. The van der Waals surface area contributed by atoms with Crippen LogP contribution >= 0.6 is 0 Å². The van der Waals surface area contributed by atoms with Gasteiger partial charge in [0, 0.05) is 58.6 Å². The van der Waals surface area contributed by atoms with Crippen LogP contribution in [0.2, 0.25) is 0 Å². The molecule has 0 spiro atoms. The van der Waals surface area contributed by atoms with Crippen LogP contribution in [0.25, 0.3) is 5.69 Å². The summed E-state index contributed by atoms with van der Waals surface area (Å²) >= 11 is 0. The first kappa shape index (κ1) is 25.0. The van der Waals surface area contributed by atoms with Gasteiger partial charge in [0.25, 0.3) is 0 Å². The summed E-state index contributed by atoms with van der Waals surface area (Å²) in [4.78, 5) is 48.1. The molecular weight excluding hydrogens is 484 g/mol. The summed E-state index contributed by atoms with van der Waals surface area (Å²) in [5.74, 6) is 2.57. The molecular formula is C27H36N8O3. The maximum absolute atomic E-state index is 12.7. The van der Waals surface area contributed by atoms with E-state index in [0.29, 0.717) is 32.7 Å². The Labute approximate surface area is 221 Å². The minimum absolute atomic E-state index is 0.103. The molecule has 2 aromatic rings. The molecule has 2 saturated heterocycles. The zero-order valence-electron chi connectivity index (χ0n) is 21.6. The Morgan fingerprint density at radius 3 is 2.21 bits per heavy atom. The van der Waals surface area contributed by atoms with E-state index >= 15 is 0 Å². The van der Waals surface area contributed by atoms with Gasteiger partial charge in [0.15, 0.2) is 0 Å². The zero-order chi connectivity index (χ0) is 26.4. The van der Waals surface area contributed by atoms with Crippen molar-refractivity contribution in [3.63, 3.8) is 0 Å².